The number of hydrogen-bond donors (Lipinski definition) is 4. The maximum atomic E-state index is 12.6. The number of benzene rings is 12. The lowest BCUT2D eigenvalue weighted by Gasteiger charge is -2.16. The van der Waals surface area contributed by atoms with Crippen LogP contribution in [0, 0.1) is 48.5 Å². The highest BCUT2D eigenvalue weighted by Gasteiger charge is 2.31. The number of carboxylic acids is 1. The van der Waals surface area contributed by atoms with E-state index in [1.807, 2.05) is 282 Å². The molecule has 0 saturated carbocycles. The van der Waals surface area contributed by atoms with Gasteiger partial charge in [0.2, 0.25) is 5.24 Å². The number of thioether (sulfide) groups is 2. The maximum Gasteiger partial charge on any atom is 0.416 e. The molecule has 29 heteroatoms. The van der Waals surface area contributed by atoms with E-state index in [-0.39, 0.29) is 68.9 Å². The Labute approximate surface area is 817 Å². The highest BCUT2D eigenvalue weighted by molar-refractivity contribution is 7.99. The summed E-state index contributed by atoms with van der Waals surface area (Å²) in [7, 11) is 0. The summed E-state index contributed by atoms with van der Waals surface area (Å²) in [5.41, 5.74) is 9.26. The number of thiol groups is 1. The predicted octanol–water partition coefficient (Wildman–Crippen LogP) is 25.5. The third-order valence-electron chi connectivity index (χ3n) is 17.9. The van der Waals surface area contributed by atoms with Crippen molar-refractivity contribution in [3.63, 3.8) is 0 Å². The van der Waals surface area contributed by atoms with Gasteiger partial charge in [-0.05, 0) is 280 Å². The van der Waals surface area contributed by atoms with E-state index < -0.39 is 41.3 Å². The number of hydrogen-bond acceptors (Lipinski definition) is 21. The average molecular weight is 1960 g/mol. The number of phenolic OH excluding ortho intramolecular Hbond substituents is 1. The van der Waals surface area contributed by atoms with Gasteiger partial charge in [0.15, 0.2) is 18.2 Å². The first kappa shape index (κ1) is 115. The van der Waals surface area contributed by atoms with Gasteiger partial charge in [0.1, 0.15) is 109 Å². The largest absolute Gasteiger partial charge is 0.508 e. The highest BCUT2D eigenvalue weighted by Crippen LogP contribution is 2.34. The number of rotatable bonds is 37. The van der Waals surface area contributed by atoms with Gasteiger partial charge in [-0.2, -0.15) is 26.3 Å². The normalized spacial score (nSPS) is 11.2. The summed E-state index contributed by atoms with van der Waals surface area (Å²) in [6, 6.07) is 85.4. The van der Waals surface area contributed by atoms with Crippen LogP contribution in [0.4, 0.5) is 26.3 Å². The summed E-state index contributed by atoms with van der Waals surface area (Å²) in [4.78, 5) is 56.9. The van der Waals surface area contributed by atoms with Crippen LogP contribution in [0.5, 0.6) is 51.7 Å². The van der Waals surface area contributed by atoms with E-state index in [2.05, 4.69) is 19.2 Å². The molecule has 12 aromatic carbocycles. The lowest BCUT2D eigenvalue weighted by molar-refractivity contribution is -0.140. The number of aromatic hydroxyl groups is 1. The molecule has 0 aromatic heterocycles. The number of Topliss-reactive ketones (excluding diaryl/α,β-unsaturated/α-hetero) is 2. The summed E-state index contributed by atoms with van der Waals surface area (Å²) < 4.78 is 135. The fourth-order valence-electron chi connectivity index (χ4n) is 11.0. The smallest absolute Gasteiger partial charge is 0.416 e. The summed E-state index contributed by atoms with van der Waals surface area (Å²) in [5, 5.41) is 25.7. The number of carboxylic acid groups (broad SMARTS) is 1. The summed E-state index contributed by atoms with van der Waals surface area (Å²) >= 11 is 12.4. The number of phenols is 1. The minimum absolute atomic E-state index is 0.0225. The van der Waals surface area contributed by atoms with E-state index in [1.165, 1.54) is 66.6 Å². The Kier molecular flexibility index (Phi) is 52.9. The lowest BCUT2D eigenvalue weighted by Crippen LogP contribution is -2.15. The molecule has 0 spiro atoms. The SMILES string of the molecule is C=C(COCc1ccccc1)Oc1ccc(C)cc1.CC(=O)COc1ccc(S)cc1C.CC(=O)COc1ccc(SCC(C)Oc2ccc(C(F)(F)F)cc2)cc1C.Cc1cc(SCC(C)Oc2ccc(C(F)(F)F)cc2)ccc1OCC(=O)O.Cc1ccc(O)cc1.Cc1ccc(OC(=O)COCc2ccccc2)cc1.Cc1ccc(OC(C)CO)cc1.O=C(Cl)COCc1ccccc1. The van der Waals surface area contributed by atoms with Gasteiger partial charge < -0.3 is 67.4 Å². The van der Waals surface area contributed by atoms with Crippen molar-refractivity contribution in [3.05, 3.63) is 370 Å². The zero-order chi connectivity index (χ0) is 101. The minimum atomic E-state index is -4.36. The molecule has 3 unspecified atom stereocenters. The first-order valence-corrected chi connectivity index (χ1v) is 45.8. The van der Waals surface area contributed by atoms with E-state index in [0.717, 1.165) is 95.1 Å². The molecule has 12 aromatic rings. The molecule has 0 aliphatic rings. The lowest BCUT2D eigenvalue weighted by atomic mass is 10.2. The van der Waals surface area contributed by atoms with Crippen LogP contribution in [0.2, 0.25) is 0 Å². The number of alkyl halides is 6. The molecule has 0 saturated heterocycles. The standard InChI is InChI=1S/C20H21F3O3S.C19H19F3O4S.C17H18O2.C16H16O3.C10H12O2S.C10H14O2.C9H9ClO2.C7H8O/c1-13-10-18(8-9-19(13)25-11-14(2)24)27-12-15(3)26-17-6-4-16(5-7-17)20(21,22)23;1-12-9-16(7-8-17(12)25-10-18(23)24)27-11-13(2)26-15-5-3-14(4-6-15)19(20,21)22;1-14-8-10-17(11-9-14)19-15(2)12-18-13-16-6-4-3-5-7-16;1-13-7-9-15(10-8-13)19-16(17)12-18-11-14-5-3-2-4-6-14;1-7-5-9(13)3-4-10(7)12-6-8(2)11;1-8-3-5-10(6-4-8)12-9(2)7-11;10-9(11)7-12-6-8-4-2-1-3-5-8;1-6-2-4-7(8)5-3-6/h4-10,15H,11-12H2,1-3H3;3-9,13H,10-11H2,1-2H3,(H,23,24);3-11H,2,12-13H2,1H3;2-10H,11-12H2,1H3;3-5,13H,6H2,1-2H3;3-6,9,11H,7H2,1-2H3;1-5H,6-7H2;2-5,8H,1H3. The van der Waals surface area contributed by atoms with E-state index in [4.69, 9.17) is 79.0 Å². The zero-order valence-electron chi connectivity index (χ0n) is 78.4. The Balaban J connectivity index is 0.000000284. The molecule has 0 radical (unpaired) electrons. The summed E-state index contributed by atoms with van der Waals surface area (Å²) in [6.45, 7) is 27.6. The van der Waals surface area contributed by atoms with Crippen molar-refractivity contribution in [2.24, 2.45) is 0 Å². The molecule has 3 atom stereocenters. The number of aliphatic hydroxyl groups excluding tert-OH is 1. The monoisotopic (exact) mass is 1960 g/mol. The van der Waals surface area contributed by atoms with Crippen molar-refractivity contribution < 1.29 is 118 Å². The topological polar surface area (TPSA) is 248 Å². The Bertz CT molecular complexity index is 5280. The predicted molar refractivity (Wildman–Crippen MR) is 529 cm³/mol. The van der Waals surface area contributed by atoms with Gasteiger partial charge in [-0.3, -0.25) is 14.4 Å². The number of aliphatic carboxylic acids is 1. The van der Waals surface area contributed by atoms with Crippen LogP contribution in [0.1, 0.15) is 101 Å². The second kappa shape index (κ2) is 63.0. The van der Waals surface area contributed by atoms with Crippen LogP contribution in [0.3, 0.4) is 0 Å². The van der Waals surface area contributed by atoms with E-state index in [1.54, 1.807) is 42.1 Å². The Morgan fingerprint density at radius 2 is 0.715 bits per heavy atom. The van der Waals surface area contributed by atoms with E-state index >= 15 is 0 Å². The Hall–Kier alpha value is -12.5. The number of ketones is 2. The van der Waals surface area contributed by atoms with Crippen LogP contribution in [0.15, 0.2) is 318 Å². The van der Waals surface area contributed by atoms with Crippen LogP contribution in [-0.2, 0) is 70.4 Å². The molecule has 0 fully saturated rings. The van der Waals surface area contributed by atoms with Crippen LogP contribution in [0.25, 0.3) is 0 Å². The van der Waals surface area contributed by atoms with Gasteiger partial charge in [-0.25, -0.2) is 9.59 Å². The molecule has 19 nitrogen and oxygen atoms in total. The summed E-state index contributed by atoms with van der Waals surface area (Å²) in [6.07, 6.45) is -9.24. The van der Waals surface area contributed by atoms with Crippen molar-refractivity contribution in [1.82, 2.24) is 0 Å². The molecular weight excluding hydrogens is 1850 g/mol. The first-order valence-electron chi connectivity index (χ1n) is 43.0. The van der Waals surface area contributed by atoms with Gasteiger partial charge in [-0.15, -0.1) is 36.2 Å². The van der Waals surface area contributed by atoms with Crippen molar-refractivity contribution in [2.45, 2.75) is 148 Å². The average Bonchev–Trinajstić information content (AvgIpc) is 0.850. The molecular formula is C108H117ClF6O19S3. The maximum absolute atomic E-state index is 12.6. The van der Waals surface area contributed by atoms with E-state index in [9.17, 15) is 50.3 Å². The second-order valence-corrected chi connectivity index (χ2v) is 33.9. The number of aryl methyl sites for hydroxylation is 7. The quantitative estimate of drug-likeness (QED) is 0.00537. The Morgan fingerprint density at radius 3 is 1.05 bits per heavy atom. The number of carbonyl (C=O) groups excluding carboxylic acids is 4. The minimum Gasteiger partial charge on any atom is -0.508 e. The number of aliphatic hydroxyl groups is 1. The fourth-order valence-corrected chi connectivity index (χ4v) is 13.1. The van der Waals surface area contributed by atoms with Crippen LogP contribution >= 0.6 is 47.8 Å². The van der Waals surface area contributed by atoms with Crippen molar-refractivity contribution in [3.8, 4) is 51.7 Å². The molecule has 3 N–H and O–H groups in total. The molecule has 0 aliphatic carbocycles. The van der Waals surface area contributed by atoms with Crippen molar-refractivity contribution in [1.29, 1.82) is 0 Å². The molecule has 730 valence electrons. The van der Waals surface area contributed by atoms with Crippen molar-refractivity contribution >= 4 is 76.5 Å². The van der Waals surface area contributed by atoms with Gasteiger partial charge >= 0.3 is 24.3 Å². The number of esters is 1. The number of halogens is 7. The molecule has 137 heavy (non-hydrogen) atoms. The van der Waals surface area contributed by atoms with Gasteiger partial charge in [0.25, 0.3) is 0 Å². The second-order valence-electron chi connectivity index (χ2n) is 30.8. The molecule has 0 bridgehead atoms. The number of ether oxygens (including phenoxy) is 11. The van der Waals surface area contributed by atoms with Crippen LogP contribution < -0.4 is 37.9 Å². The summed E-state index contributed by atoms with van der Waals surface area (Å²) in [5.74, 6) is 5.57. The van der Waals surface area contributed by atoms with Crippen LogP contribution in [-0.4, -0.2) is 120 Å². The fraction of sp³-hybridized carbons (Fsp3) is 0.269. The first-order chi connectivity index (χ1) is 65.2. The molecule has 12 rings (SSSR count). The zero-order valence-corrected chi connectivity index (χ0v) is 81.7. The molecule has 0 heterocycles. The van der Waals surface area contributed by atoms with Gasteiger partial charge in [0, 0.05) is 26.2 Å². The Morgan fingerprint density at radius 1 is 0.394 bits per heavy atom. The van der Waals surface area contributed by atoms with Gasteiger partial charge in [-0.1, -0.05) is 168 Å². The molecule has 0 amide bonds. The number of carbonyl (C=O) groups is 5. The highest BCUT2D eigenvalue weighted by atomic mass is 35.5. The third kappa shape index (κ3) is 51.9. The van der Waals surface area contributed by atoms with Gasteiger partial charge in [0.05, 0.1) is 37.6 Å². The molecule has 0 aliphatic heterocycles. The van der Waals surface area contributed by atoms with Crippen molar-refractivity contribution in [2.75, 3.05) is 57.8 Å². The third-order valence-corrected chi connectivity index (χ3v) is 20.7. The van der Waals surface area contributed by atoms with E-state index in [0.29, 0.717) is 78.2 Å².